The molecule has 6 aliphatic rings. The number of carbonyl (C=O) groups is 4. The Labute approximate surface area is 321 Å². The minimum absolute atomic E-state index is 0.0227. The highest BCUT2D eigenvalue weighted by Gasteiger charge is 2.64. The Hall–Kier alpha value is -4.40. The third-order valence-electron chi connectivity index (χ3n) is 13.2. The van der Waals surface area contributed by atoms with E-state index in [1.807, 2.05) is 44.2 Å². The first-order valence-corrected chi connectivity index (χ1v) is 21.1. The predicted octanol–water partition coefficient (Wildman–Crippen LogP) is 4.51. The van der Waals surface area contributed by atoms with Gasteiger partial charge in [-0.15, -0.1) is 0 Å². The Bertz CT molecular complexity index is 2110. The van der Waals surface area contributed by atoms with Gasteiger partial charge in [0.05, 0.1) is 29.6 Å². The van der Waals surface area contributed by atoms with Gasteiger partial charge < -0.3 is 24.8 Å². The van der Waals surface area contributed by atoms with Crippen LogP contribution in [-0.2, 0) is 30.8 Å². The quantitative estimate of drug-likeness (QED) is 0.353. The second-order valence-corrected chi connectivity index (χ2v) is 19.4. The van der Waals surface area contributed by atoms with Crippen LogP contribution in [0.1, 0.15) is 102 Å². The zero-order chi connectivity index (χ0) is 39.1. The Balaban J connectivity index is 1.17. The normalized spacial score (nSPS) is 31.3. The van der Waals surface area contributed by atoms with Gasteiger partial charge in [0.2, 0.25) is 21.8 Å². The molecule has 4 fully saturated rings. The van der Waals surface area contributed by atoms with Gasteiger partial charge in [0.1, 0.15) is 34.7 Å². The Morgan fingerprint density at radius 1 is 1.09 bits per heavy atom. The summed E-state index contributed by atoms with van der Waals surface area (Å²) in [5.74, 6) is -1.04. The number of nitrogens with zero attached hydrogens (tertiary/aromatic N) is 3. The van der Waals surface area contributed by atoms with E-state index in [9.17, 15) is 27.9 Å². The van der Waals surface area contributed by atoms with Crippen LogP contribution < -0.4 is 19.5 Å². The number of aryl methyl sites for hydroxylation is 2. The Kier molecular flexibility index (Phi) is 8.93. The third kappa shape index (κ3) is 6.49. The molecule has 3 aliphatic heterocycles. The van der Waals surface area contributed by atoms with Gasteiger partial charge in [-0.2, -0.15) is 0 Å². The number of allylic oxidation sites excluding steroid dienone is 1. The predicted molar refractivity (Wildman–Crippen MR) is 202 cm³/mol. The van der Waals surface area contributed by atoms with Crippen LogP contribution >= 0.6 is 0 Å². The summed E-state index contributed by atoms with van der Waals surface area (Å²) in [6.45, 7) is 5.34. The number of hydrogen-bond acceptors (Lipinski definition) is 9. The number of pyridine rings is 1. The van der Waals surface area contributed by atoms with Crippen LogP contribution in [0.15, 0.2) is 30.4 Å². The van der Waals surface area contributed by atoms with Crippen LogP contribution in [0.25, 0.3) is 10.9 Å². The number of ether oxygens (including phenoxy) is 2. The fourth-order valence-corrected chi connectivity index (χ4v) is 10.4. The van der Waals surface area contributed by atoms with Gasteiger partial charge in [-0.05, 0) is 103 Å². The maximum absolute atomic E-state index is 15.0. The third-order valence-corrected chi connectivity index (χ3v) is 15.4. The van der Waals surface area contributed by atoms with Crippen molar-refractivity contribution < 1.29 is 42.2 Å². The van der Waals surface area contributed by atoms with E-state index in [-0.39, 0.29) is 19.4 Å². The van der Waals surface area contributed by atoms with E-state index in [0.29, 0.717) is 75.0 Å². The van der Waals surface area contributed by atoms with Gasteiger partial charge in [0.15, 0.2) is 0 Å². The van der Waals surface area contributed by atoms with Crippen LogP contribution in [0.4, 0.5) is 4.79 Å². The number of amides is 4. The summed E-state index contributed by atoms with van der Waals surface area (Å²) in [5, 5.41) is 14.4. The van der Waals surface area contributed by atoms with Gasteiger partial charge in [0.25, 0.3) is 5.91 Å². The molecule has 0 bridgehead atoms. The van der Waals surface area contributed by atoms with Gasteiger partial charge in [-0.25, -0.2) is 18.2 Å². The number of sulfonamides is 1. The van der Waals surface area contributed by atoms with Crippen LogP contribution in [-0.4, -0.2) is 99.3 Å². The number of carboxylic acid groups (broad SMARTS) is 1. The van der Waals surface area contributed by atoms with Gasteiger partial charge >= 0.3 is 6.09 Å². The highest BCUT2D eigenvalue weighted by Crippen LogP contribution is 2.50. The van der Waals surface area contributed by atoms with E-state index in [1.165, 1.54) is 9.80 Å². The first-order valence-electron chi connectivity index (χ1n) is 19.6. The molecule has 3 saturated carbocycles. The lowest BCUT2D eigenvalue weighted by Gasteiger charge is -2.38. The molecule has 4 amide bonds. The second-order valence-electron chi connectivity index (χ2n) is 17.2. The molecule has 1 aromatic heterocycles. The molecule has 4 heterocycles. The second kappa shape index (κ2) is 13.1. The van der Waals surface area contributed by atoms with Crippen LogP contribution in [0.2, 0.25) is 0 Å². The van der Waals surface area contributed by atoms with Crippen LogP contribution in [0.3, 0.4) is 0 Å². The molecule has 2 aromatic rings. The molecule has 5 atom stereocenters. The molecule has 3 N–H and O–H groups in total. The fraction of sp³-hybridized carbons (Fsp3) is 0.625. The van der Waals surface area contributed by atoms with E-state index < -0.39 is 73.3 Å². The molecule has 14 nitrogen and oxygen atoms in total. The van der Waals surface area contributed by atoms with Crippen molar-refractivity contribution in [3.63, 3.8) is 0 Å². The van der Waals surface area contributed by atoms with Gasteiger partial charge in [-0.3, -0.25) is 24.0 Å². The number of carbonyl (C=O) groups excluding carboxylic acids is 3. The van der Waals surface area contributed by atoms with Crippen molar-refractivity contribution in [2.75, 3.05) is 13.7 Å². The molecular formula is C40H51N5O9S. The number of benzene rings is 1. The van der Waals surface area contributed by atoms with Gasteiger partial charge in [0, 0.05) is 28.8 Å². The van der Waals surface area contributed by atoms with Crippen molar-refractivity contribution in [2.24, 2.45) is 5.92 Å². The molecule has 55 heavy (non-hydrogen) atoms. The maximum atomic E-state index is 15.0. The SMILES string of the molecule is COc1ccc2nc(C)c3c(c2c1)CC[C@]1(C[C@H]2C(=O)N[C@]4(C(=O)NS(=O)(=O)C5(C)CC5)C[C@H]4/C=C\CCCCC[C@H](N(C(=O)O)C4(C)CC4)C(=O)N2C1)O3. The minimum Gasteiger partial charge on any atom is -0.497 e. The number of nitrogens with one attached hydrogen (secondary N) is 2. The molecule has 3 aliphatic carbocycles. The van der Waals surface area contributed by atoms with Crippen molar-refractivity contribution in [3.05, 3.63) is 41.6 Å². The molecule has 15 heteroatoms. The summed E-state index contributed by atoms with van der Waals surface area (Å²) in [5.41, 5.74) is -0.812. The van der Waals surface area contributed by atoms with Crippen LogP contribution in [0.5, 0.6) is 11.5 Å². The van der Waals surface area contributed by atoms with E-state index in [0.717, 1.165) is 29.3 Å². The minimum atomic E-state index is -4.00. The van der Waals surface area contributed by atoms with Crippen molar-refractivity contribution in [1.82, 2.24) is 24.8 Å². The lowest BCUT2D eigenvalue weighted by molar-refractivity contribution is -0.144. The number of rotatable bonds is 6. The molecule has 1 aromatic carbocycles. The number of aromatic nitrogens is 1. The molecule has 0 radical (unpaired) electrons. The fourth-order valence-electron chi connectivity index (χ4n) is 9.05. The summed E-state index contributed by atoms with van der Waals surface area (Å²) < 4.78 is 40.1. The zero-order valence-corrected chi connectivity index (χ0v) is 32.8. The van der Waals surface area contributed by atoms with Crippen LogP contribution in [0, 0.1) is 12.8 Å². The number of methoxy groups -OCH3 is 1. The molecule has 0 unspecified atom stereocenters. The zero-order valence-electron chi connectivity index (χ0n) is 32.0. The maximum Gasteiger partial charge on any atom is 0.408 e. The van der Waals surface area contributed by atoms with E-state index in [2.05, 4.69) is 10.0 Å². The number of fused-ring (bicyclic) bond motifs is 5. The molecule has 296 valence electrons. The highest BCUT2D eigenvalue weighted by molar-refractivity contribution is 7.91. The van der Waals surface area contributed by atoms with Crippen molar-refractivity contribution in [1.29, 1.82) is 0 Å². The summed E-state index contributed by atoms with van der Waals surface area (Å²) >= 11 is 0. The van der Waals surface area contributed by atoms with Crippen molar-refractivity contribution in [3.8, 4) is 11.5 Å². The largest absolute Gasteiger partial charge is 0.497 e. The molecule has 8 rings (SSSR count). The average Bonchev–Trinajstić information content (AvgIpc) is 4.10. The summed E-state index contributed by atoms with van der Waals surface area (Å²) in [7, 11) is -2.40. The Morgan fingerprint density at radius 2 is 1.85 bits per heavy atom. The van der Waals surface area contributed by atoms with Crippen molar-refractivity contribution in [2.45, 2.75) is 138 Å². The monoisotopic (exact) mass is 777 g/mol. The van der Waals surface area contributed by atoms with E-state index in [1.54, 1.807) is 14.0 Å². The molecule has 1 saturated heterocycles. The highest BCUT2D eigenvalue weighted by atomic mass is 32.2. The topological polar surface area (TPSA) is 185 Å². The molecular weight excluding hydrogens is 727 g/mol. The Morgan fingerprint density at radius 3 is 2.55 bits per heavy atom. The lowest BCUT2D eigenvalue weighted by atomic mass is 9.87. The number of hydrogen-bond donors (Lipinski definition) is 3. The first-order chi connectivity index (χ1) is 26.0. The summed E-state index contributed by atoms with van der Waals surface area (Å²) in [4.78, 5) is 64.2. The van der Waals surface area contributed by atoms with E-state index in [4.69, 9.17) is 14.5 Å². The first kappa shape index (κ1) is 37.5. The average molecular weight is 778 g/mol. The van der Waals surface area contributed by atoms with Crippen molar-refractivity contribution >= 4 is 44.7 Å². The lowest BCUT2D eigenvalue weighted by Crippen LogP contribution is -2.60. The molecule has 1 spiro atoms. The smallest absolute Gasteiger partial charge is 0.408 e. The van der Waals surface area contributed by atoms with E-state index >= 15 is 4.79 Å². The van der Waals surface area contributed by atoms with Gasteiger partial charge in [-0.1, -0.05) is 25.0 Å². The summed E-state index contributed by atoms with van der Waals surface area (Å²) in [6, 6.07) is 3.54. The summed E-state index contributed by atoms with van der Waals surface area (Å²) in [6.07, 6.45) is 9.25. The standard InChI is InChI=1S/C40H51N5O9S/c1-24-32-27(28-20-26(53-4)12-13-29(28)41-24)14-15-39(54-32)22-31-33(46)42-40(35(48)43-55(51,52)38(3)18-19-38)21-25(40)10-8-6-5-7-9-11-30(34(47)44(31)23-39)45(36(49)50)37(2)16-17-37/h8,10,12-13,20,25,30-31H,5-7,9,11,14-19,21-23H2,1-4H3,(H,42,46)(H,43,48)(H,49,50)/b10-8-/t25-,30+,31+,39-,40-/m1/s1.